The number of rotatable bonds is 13. The van der Waals surface area contributed by atoms with Gasteiger partial charge in [-0.1, -0.05) is 33.3 Å². The van der Waals surface area contributed by atoms with Gasteiger partial charge in [0, 0.05) is 19.6 Å². The van der Waals surface area contributed by atoms with E-state index in [1.807, 2.05) is 13.0 Å². The zero-order chi connectivity index (χ0) is 25.3. The Labute approximate surface area is 200 Å². The summed E-state index contributed by atoms with van der Waals surface area (Å²) < 4.78 is 11.9. The highest BCUT2D eigenvalue weighted by Crippen LogP contribution is 2.27. The Bertz CT molecular complexity index is 1080. The number of H-pyrrole nitrogens is 1. The normalized spacial score (nSPS) is 10.9. The Hall–Kier alpha value is -3.43. The zero-order valence-electron chi connectivity index (χ0n) is 20.8. The molecule has 188 valence electrons. The number of aromatic nitrogens is 2. The summed E-state index contributed by atoms with van der Waals surface area (Å²) in [4.78, 5) is 41.9. The van der Waals surface area contributed by atoms with Crippen LogP contribution >= 0.6 is 0 Å². The molecule has 2 aromatic rings. The molecule has 10 heteroatoms. The molecule has 0 atom stereocenters. The number of nitrogens with one attached hydrogen (secondary N) is 2. The second-order valence-corrected chi connectivity index (χ2v) is 8.57. The van der Waals surface area contributed by atoms with Gasteiger partial charge in [-0.25, -0.2) is 4.79 Å². The topological polar surface area (TPSA) is 132 Å². The number of methoxy groups -OCH3 is 2. The van der Waals surface area contributed by atoms with Gasteiger partial charge in [-0.2, -0.15) is 0 Å². The second kappa shape index (κ2) is 12.7. The number of anilines is 2. The summed E-state index contributed by atoms with van der Waals surface area (Å²) in [5.41, 5.74) is 6.13. The molecule has 0 aliphatic rings. The van der Waals surface area contributed by atoms with Crippen LogP contribution in [0.2, 0.25) is 0 Å². The maximum absolute atomic E-state index is 12.8. The third-order valence-corrected chi connectivity index (χ3v) is 5.51. The van der Waals surface area contributed by atoms with E-state index in [4.69, 9.17) is 15.2 Å². The molecule has 1 amide bonds. The minimum Gasteiger partial charge on any atom is -0.493 e. The van der Waals surface area contributed by atoms with Gasteiger partial charge in [-0.05, 0) is 36.5 Å². The smallest absolute Gasteiger partial charge is 0.330 e. The third-order valence-electron chi connectivity index (χ3n) is 5.51. The molecule has 0 saturated heterocycles. The van der Waals surface area contributed by atoms with E-state index in [0.29, 0.717) is 30.5 Å². The van der Waals surface area contributed by atoms with Crippen molar-refractivity contribution >= 4 is 17.4 Å². The quantitative estimate of drug-likeness (QED) is 0.404. The van der Waals surface area contributed by atoms with Crippen molar-refractivity contribution in [3.8, 4) is 11.5 Å². The molecule has 10 nitrogen and oxygen atoms in total. The molecule has 0 aliphatic carbocycles. The molecule has 0 unspecified atom stereocenters. The number of aromatic amines is 1. The molecule has 0 saturated carbocycles. The van der Waals surface area contributed by atoms with Gasteiger partial charge >= 0.3 is 5.69 Å². The van der Waals surface area contributed by atoms with E-state index in [1.165, 1.54) is 4.57 Å². The third kappa shape index (κ3) is 7.03. The molecular weight excluding hydrogens is 438 g/mol. The van der Waals surface area contributed by atoms with Gasteiger partial charge in [-0.15, -0.1) is 0 Å². The first-order valence-corrected chi connectivity index (χ1v) is 11.6. The number of nitrogens with two attached hydrogens (primary N) is 1. The maximum atomic E-state index is 12.8. The summed E-state index contributed by atoms with van der Waals surface area (Å²) in [6, 6.07) is 5.40. The van der Waals surface area contributed by atoms with Crippen molar-refractivity contribution in [3.63, 3.8) is 0 Å². The SMILES string of the molecule is CCCCn1c(N)c(N(CCC(C)C)CC(=O)NCc2ccc(OC)c(OC)c2)c(=O)[nH]c1=O. The van der Waals surface area contributed by atoms with Crippen LogP contribution in [0.4, 0.5) is 11.5 Å². The highest BCUT2D eigenvalue weighted by atomic mass is 16.5. The van der Waals surface area contributed by atoms with Gasteiger partial charge in [0.25, 0.3) is 5.56 Å². The van der Waals surface area contributed by atoms with Crippen LogP contribution in [-0.2, 0) is 17.9 Å². The van der Waals surface area contributed by atoms with Crippen molar-refractivity contribution in [2.24, 2.45) is 5.92 Å². The number of unbranched alkanes of at least 4 members (excludes halogenated alkanes) is 1. The van der Waals surface area contributed by atoms with Crippen molar-refractivity contribution in [2.45, 2.75) is 53.1 Å². The average molecular weight is 476 g/mol. The predicted octanol–water partition coefficient (Wildman–Crippen LogP) is 2.11. The molecule has 0 spiro atoms. The van der Waals surface area contributed by atoms with Crippen LogP contribution < -0.4 is 36.7 Å². The number of carbonyl (C=O) groups is 1. The van der Waals surface area contributed by atoms with Crippen LogP contribution in [0.25, 0.3) is 0 Å². The Morgan fingerprint density at radius 3 is 2.53 bits per heavy atom. The van der Waals surface area contributed by atoms with Crippen molar-refractivity contribution in [2.75, 3.05) is 37.9 Å². The largest absolute Gasteiger partial charge is 0.493 e. The van der Waals surface area contributed by atoms with Crippen LogP contribution in [0.5, 0.6) is 11.5 Å². The summed E-state index contributed by atoms with van der Waals surface area (Å²) in [7, 11) is 3.11. The lowest BCUT2D eigenvalue weighted by atomic mass is 10.1. The van der Waals surface area contributed by atoms with Gasteiger partial charge in [0.15, 0.2) is 11.5 Å². The first kappa shape index (κ1) is 26.8. The molecule has 2 rings (SSSR count). The first-order valence-electron chi connectivity index (χ1n) is 11.6. The van der Waals surface area contributed by atoms with Crippen molar-refractivity contribution < 1.29 is 14.3 Å². The van der Waals surface area contributed by atoms with Crippen LogP contribution in [0, 0.1) is 5.92 Å². The number of hydrogen-bond donors (Lipinski definition) is 3. The summed E-state index contributed by atoms with van der Waals surface area (Å²) in [6.07, 6.45) is 2.36. The van der Waals surface area contributed by atoms with Gasteiger partial charge in [0.05, 0.1) is 20.8 Å². The predicted molar refractivity (Wildman–Crippen MR) is 134 cm³/mol. The van der Waals surface area contributed by atoms with Gasteiger partial charge < -0.3 is 25.4 Å². The Kier molecular flexibility index (Phi) is 10.0. The molecule has 1 aromatic carbocycles. The van der Waals surface area contributed by atoms with E-state index in [0.717, 1.165) is 24.8 Å². The first-order chi connectivity index (χ1) is 16.2. The number of nitrogens with zero attached hydrogens (tertiary/aromatic N) is 2. The summed E-state index contributed by atoms with van der Waals surface area (Å²) in [5.74, 6) is 1.33. The van der Waals surface area contributed by atoms with Crippen LogP contribution in [0.15, 0.2) is 27.8 Å². The fraction of sp³-hybridized carbons (Fsp3) is 0.542. The standard InChI is InChI=1S/C24H37N5O5/c1-6-7-11-29-22(25)21(23(31)27-24(29)32)28(12-10-16(2)3)15-20(30)26-14-17-8-9-18(33-4)19(13-17)34-5/h8-9,13,16H,6-7,10-12,14-15,25H2,1-5H3,(H,26,30)(H,27,31,32). The maximum Gasteiger partial charge on any atom is 0.330 e. The number of benzene rings is 1. The van der Waals surface area contributed by atoms with Gasteiger partial charge in [0.2, 0.25) is 5.91 Å². The van der Waals surface area contributed by atoms with E-state index < -0.39 is 11.2 Å². The minimum atomic E-state index is -0.591. The van der Waals surface area contributed by atoms with Gasteiger partial charge in [0.1, 0.15) is 11.5 Å². The molecule has 0 bridgehead atoms. The fourth-order valence-electron chi connectivity index (χ4n) is 3.53. The van der Waals surface area contributed by atoms with E-state index in [2.05, 4.69) is 24.1 Å². The molecule has 34 heavy (non-hydrogen) atoms. The molecule has 1 heterocycles. The lowest BCUT2D eigenvalue weighted by Gasteiger charge is -2.26. The molecule has 0 radical (unpaired) electrons. The average Bonchev–Trinajstić information content (AvgIpc) is 2.80. The highest BCUT2D eigenvalue weighted by Gasteiger charge is 2.21. The van der Waals surface area contributed by atoms with E-state index >= 15 is 0 Å². The minimum absolute atomic E-state index is 0.0702. The van der Waals surface area contributed by atoms with E-state index in [9.17, 15) is 14.4 Å². The molecule has 0 fully saturated rings. The van der Waals surface area contributed by atoms with Crippen LogP contribution in [0.3, 0.4) is 0 Å². The number of nitrogen functional groups attached to an aromatic ring is 1. The van der Waals surface area contributed by atoms with E-state index in [1.54, 1.807) is 31.3 Å². The van der Waals surface area contributed by atoms with Crippen LogP contribution in [0.1, 0.15) is 45.6 Å². The Balaban J connectivity index is 2.24. The molecule has 4 N–H and O–H groups in total. The summed E-state index contributed by atoms with van der Waals surface area (Å²) in [5, 5.41) is 2.88. The monoisotopic (exact) mass is 475 g/mol. The number of carbonyl (C=O) groups excluding carboxylic acids is 1. The highest BCUT2D eigenvalue weighted by molar-refractivity contribution is 5.82. The van der Waals surface area contributed by atoms with Crippen molar-refractivity contribution in [3.05, 3.63) is 44.6 Å². The second-order valence-electron chi connectivity index (χ2n) is 8.57. The molecular formula is C24H37N5O5. The number of amides is 1. The zero-order valence-corrected chi connectivity index (χ0v) is 20.8. The summed E-state index contributed by atoms with van der Waals surface area (Å²) >= 11 is 0. The Morgan fingerprint density at radius 2 is 1.91 bits per heavy atom. The number of hydrogen-bond acceptors (Lipinski definition) is 7. The van der Waals surface area contributed by atoms with Gasteiger partial charge in [-0.3, -0.25) is 19.1 Å². The molecule has 0 aliphatic heterocycles. The summed E-state index contributed by atoms with van der Waals surface area (Å²) in [6.45, 7) is 7.18. The Morgan fingerprint density at radius 1 is 1.21 bits per heavy atom. The molecule has 1 aromatic heterocycles. The fourth-order valence-corrected chi connectivity index (χ4v) is 3.53. The van der Waals surface area contributed by atoms with E-state index in [-0.39, 0.29) is 30.5 Å². The van der Waals surface area contributed by atoms with Crippen LogP contribution in [-0.4, -0.2) is 42.8 Å². The lowest BCUT2D eigenvalue weighted by molar-refractivity contribution is -0.119. The van der Waals surface area contributed by atoms with Crippen molar-refractivity contribution in [1.82, 2.24) is 14.9 Å². The number of ether oxygens (including phenoxy) is 2. The van der Waals surface area contributed by atoms with Crippen molar-refractivity contribution in [1.29, 1.82) is 0 Å². The lowest BCUT2D eigenvalue weighted by Crippen LogP contribution is -2.43.